The Morgan fingerprint density at radius 3 is 1.96 bits per heavy atom. The second-order valence-corrected chi connectivity index (χ2v) is 5.54. The summed E-state index contributed by atoms with van der Waals surface area (Å²) in [7, 11) is 0. The van der Waals surface area contributed by atoms with Crippen LogP contribution >= 0.6 is 0 Å². The molecule has 122 valence electrons. The zero-order valence-corrected chi connectivity index (χ0v) is 12.9. The minimum atomic E-state index is -0.958. The molecule has 0 spiro atoms. The highest BCUT2D eigenvalue weighted by Crippen LogP contribution is 2.41. The molecule has 0 radical (unpaired) electrons. The first-order valence-corrected chi connectivity index (χ1v) is 7.55. The van der Waals surface area contributed by atoms with Crippen molar-refractivity contribution in [2.75, 3.05) is 0 Å². The highest BCUT2D eigenvalue weighted by Gasteiger charge is 2.30. The monoisotopic (exact) mass is 332 g/mol. The molecule has 25 heavy (non-hydrogen) atoms. The third-order valence-corrected chi connectivity index (χ3v) is 4.04. The van der Waals surface area contributed by atoms with Gasteiger partial charge in [0, 0.05) is 5.56 Å². The van der Waals surface area contributed by atoms with Crippen LogP contribution < -0.4 is 10.9 Å². The Bertz CT molecular complexity index is 1140. The Hall–Kier alpha value is -3.67. The van der Waals surface area contributed by atoms with Crippen LogP contribution in [0.4, 0.5) is 0 Å². The second kappa shape index (κ2) is 5.45. The maximum Gasteiger partial charge on any atom is 0.268 e. The van der Waals surface area contributed by atoms with Gasteiger partial charge in [0.15, 0.2) is 5.75 Å². The molecule has 0 aliphatic heterocycles. The first-order chi connectivity index (χ1) is 12.1. The van der Waals surface area contributed by atoms with Crippen molar-refractivity contribution in [1.29, 1.82) is 0 Å². The van der Waals surface area contributed by atoms with E-state index in [2.05, 4.69) is 5.10 Å². The molecule has 3 aromatic carbocycles. The van der Waals surface area contributed by atoms with E-state index in [0.717, 1.165) is 0 Å². The summed E-state index contributed by atoms with van der Waals surface area (Å²) in [6, 6.07) is 17.8. The standard InChI is InChI=1S/C19H12N2O4/c22-16-14(17(23)18(16)24)13-15(11-7-3-1-4-8-11)20-21(19(13)25)12-9-5-2-6-10-12/h1-10,22,25H. The van der Waals surface area contributed by atoms with E-state index in [1.54, 1.807) is 48.5 Å². The largest absolute Gasteiger partial charge is 0.503 e. The van der Waals surface area contributed by atoms with Crippen LogP contribution in [0.3, 0.4) is 0 Å². The van der Waals surface area contributed by atoms with Crippen molar-refractivity contribution in [2.45, 2.75) is 0 Å². The fourth-order valence-corrected chi connectivity index (χ4v) is 2.80. The minimum absolute atomic E-state index is 0.0529. The molecule has 4 rings (SSSR count). The topological polar surface area (TPSA) is 92.4 Å². The zero-order valence-electron chi connectivity index (χ0n) is 12.9. The molecule has 0 unspecified atom stereocenters. The summed E-state index contributed by atoms with van der Waals surface area (Å²) >= 11 is 0. The maximum absolute atomic E-state index is 11.9. The number of hydrogen-bond acceptors (Lipinski definition) is 5. The molecule has 0 saturated heterocycles. The van der Waals surface area contributed by atoms with Gasteiger partial charge in [-0.15, -0.1) is 0 Å². The lowest BCUT2D eigenvalue weighted by atomic mass is 9.97. The van der Waals surface area contributed by atoms with Crippen LogP contribution in [0.25, 0.3) is 28.1 Å². The summed E-state index contributed by atoms with van der Waals surface area (Å²) in [5, 5.41) is 24.9. The molecule has 0 aliphatic carbocycles. The van der Waals surface area contributed by atoms with Crippen LogP contribution in [0.15, 0.2) is 70.3 Å². The van der Waals surface area contributed by atoms with Gasteiger partial charge in [-0.25, -0.2) is 4.68 Å². The predicted octanol–water partition coefficient (Wildman–Crippen LogP) is 2.21. The Kier molecular flexibility index (Phi) is 3.25. The van der Waals surface area contributed by atoms with Gasteiger partial charge in [0.2, 0.25) is 11.3 Å². The van der Waals surface area contributed by atoms with Crippen LogP contribution in [0.2, 0.25) is 0 Å². The van der Waals surface area contributed by atoms with Crippen LogP contribution in [-0.2, 0) is 0 Å². The Morgan fingerprint density at radius 1 is 0.760 bits per heavy atom. The summed E-state index contributed by atoms with van der Waals surface area (Å²) in [6.07, 6.45) is 0. The number of rotatable bonds is 3. The van der Waals surface area contributed by atoms with E-state index in [0.29, 0.717) is 16.9 Å². The number of hydrogen-bond donors (Lipinski definition) is 2. The SMILES string of the molecule is O=c1c(O)c(-c2c(-c3ccccc3)nn(-c3ccccc3)c2O)c1=O. The molecule has 6 nitrogen and oxygen atoms in total. The molecular formula is C19H12N2O4. The molecule has 1 aromatic heterocycles. The Balaban J connectivity index is 2.04. The van der Waals surface area contributed by atoms with Crippen molar-refractivity contribution in [1.82, 2.24) is 9.78 Å². The van der Waals surface area contributed by atoms with Gasteiger partial charge in [-0.1, -0.05) is 48.5 Å². The van der Waals surface area contributed by atoms with Gasteiger partial charge >= 0.3 is 0 Å². The van der Waals surface area contributed by atoms with Gasteiger partial charge in [0.25, 0.3) is 5.43 Å². The first kappa shape index (κ1) is 14.9. The summed E-state index contributed by atoms with van der Waals surface area (Å²) in [5.41, 5.74) is -0.403. The van der Waals surface area contributed by atoms with Crippen molar-refractivity contribution in [3.05, 3.63) is 81.1 Å². The predicted molar refractivity (Wildman–Crippen MR) is 92.7 cm³/mol. The molecule has 0 fully saturated rings. The lowest BCUT2D eigenvalue weighted by Gasteiger charge is -2.07. The van der Waals surface area contributed by atoms with Crippen molar-refractivity contribution < 1.29 is 10.2 Å². The molecule has 1 heterocycles. The number of aromatic nitrogens is 2. The lowest BCUT2D eigenvalue weighted by Crippen LogP contribution is -2.31. The summed E-state index contributed by atoms with van der Waals surface area (Å²) in [6.45, 7) is 0. The van der Waals surface area contributed by atoms with Crippen LogP contribution in [0.1, 0.15) is 0 Å². The molecule has 6 heteroatoms. The third-order valence-electron chi connectivity index (χ3n) is 4.04. The van der Waals surface area contributed by atoms with E-state index in [1.165, 1.54) is 4.68 Å². The quantitative estimate of drug-likeness (QED) is 0.561. The van der Waals surface area contributed by atoms with Crippen molar-refractivity contribution >= 4 is 0 Å². The fraction of sp³-hybridized carbons (Fsp3) is 0. The van der Waals surface area contributed by atoms with Gasteiger partial charge in [0.05, 0.1) is 16.8 Å². The Labute approximate surface area is 141 Å². The number of para-hydroxylation sites is 1. The number of aromatic hydroxyl groups is 2. The highest BCUT2D eigenvalue weighted by molar-refractivity contribution is 5.89. The van der Waals surface area contributed by atoms with Gasteiger partial charge in [0.1, 0.15) is 5.69 Å². The van der Waals surface area contributed by atoms with Crippen molar-refractivity contribution in [2.24, 2.45) is 0 Å². The average molecular weight is 332 g/mol. The second-order valence-electron chi connectivity index (χ2n) is 5.54. The molecule has 0 amide bonds. The van der Waals surface area contributed by atoms with Gasteiger partial charge < -0.3 is 10.2 Å². The molecule has 0 bridgehead atoms. The summed E-state index contributed by atoms with van der Waals surface area (Å²) < 4.78 is 1.27. The summed E-state index contributed by atoms with van der Waals surface area (Å²) in [5.74, 6) is -0.961. The fourth-order valence-electron chi connectivity index (χ4n) is 2.80. The summed E-state index contributed by atoms with van der Waals surface area (Å²) in [4.78, 5) is 23.4. The number of nitrogens with zero attached hydrogens (tertiary/aromatic N) is 2. The molecule has 4 aromatic rings. The maximum atomic E-state index is 11.9. The van der Waals surface area contributed by atoms with E-state index in [9.17, 15) is 19.8 Å². The lowest BCUT2D eigenvalue weighted by molar-refractivity contribution is 0.433. The number of benzene rings is 2. The van der Waals surface area contributed by atoms with E-state index < -0.39 is 16.6 Å². The first-order valence-electron chi connectivity index (χ1n) is 7.55. The Morgan fingerprint density at radius 2 is 1.36 bits per heavy atom. The van der Waals surface area contributed by atoms with E-state index in [4.69, 9.17) is 0 Å². The van der Waals surface area contributed by atoms with Crippen LogP contribution in [0.5, 0.6) is 11.6 Å². The minimum Gasteiger partial charge on any atom is -0.503 e. The molecular weight excluding hydrogens is 320 g/mol. The van der Waals surface area contributed by atoms with Crippen LogP contribution in [-0.4, -0.2) is 20.0 Å². The van der Waals surface area contributed by atoms with Crippen molar-refractivity contribution in [3.63, 3.8) is 0 Å². The highest BCUT2D eigenvalue weighted by atomic mass is 16.3. The molecule has 2 N–H and O–H groups in total. The molecule has 0 atom stereocenters. The van der Waals surface area contributed by atoms with Crippen molar-refractivity contribution in [3.8, 4) is 39.7 Å². The van der Waals surface area contributed by atoms with E-state index in [1.807, 2.05) is 12.1 Å². The average Bonchev–Trinajstić information content (AvgIpc) is 3.00. The van der Waals surface area contributed by atoms with Gasteiger partial charge in [-0.05, 0) is 12.1 Å². The molecule has 0 saturated carbocycles. The van der Waals surface area contributed by atoms with Crippen LogP contribution in [0, 0.1) is 0 Å². The van der Waals surface area contributed by atoms with Gasteiger partial charge in [-0.2, -0.15) is 5.10 Å². The zero-order chi connectivity index (χ0) is 17.6. The van der Waals surface area contributed by atoms with E-state index >= 15 is 0 Å². The smallest absolute Gasteiger partial charge is 0.268 e. The van der Waals surface area contributed by atoms with E-state index in [-0.39, 0.29) is 17.0 Å². The third kappa shape index (κ3) is 2.15. The van der Waals surface area contributed by atoms with Gasteiger partial charge in [-0.3, -0.25) is 9.59 Å². The normalized spacial score (nSPS) is 11.0. The molecule has 0 aliphatic rings.